The fourth-order valence-electron chi connectivity index (χ4n) is 1.06. The second kappa shape index (κ2) is 4.34. The van der Waals surface area contributed by atoms with Crippen LogP contribution >= 0.6 is 0 Å². The summed E-state index contributed by atoms with van der Waals surface area (Å²) in [4.78, 5) is 12.8. The third kappa shape index (κ3) is 2.56. The first kappa shape index (κ1) is 13.5. The van der Waals surface area contributed by atoms with Crippen molar-refractivity contribution in [3.05, 3.63) is 23.5 Å². The van der Waals surface area contributed by atoms with E-state index in [1.165, 1.54) is 6.92 Å². The summed E-state index contributed by atoms with van der Waals surface area (Å²) in [5, 5.41) is 0. The Morgan fingerprint density at radius 1 is 1.29 bits per heavy atom. The van der Waals surface area contributed by atoms with E-state index in [4.69, 9.17) is 0 Å². The molecule has 17 heavy (non-hydrogen) atoms. The molecule has 96 valence electrons. The molecule has 0 saturated carbocycles. The van der Waals surface area contributed by atoms with Gasteiger partial charge in [0.2, 0.25) is 0 Å². The van der Waals surface area contributed by atoms with Gasteiger partial charge in [-0.15, -0.1) is 0 Å². The Balaban J connectivity index is 2.99. The van der Waals surface area contributed by atoms with Crippen LogP contribution in [0.4, 0.5) is 22.0 Å². The zero-order valence-corrected chi connectivity index (χ0v) is 8.57. The van der Waals surface area contributed by atoms with Crippen LogP contribution in [0.2, 0.25) is 0 Å². The van der Waals surface area contributed by atoms with Crippen LogP contribution in [-0.2, 0) is 10.7 Å². The minimum absolute atomic E-state index is 0.0111. The van der Waals surface area contributed by atoms with Crippen molar-refractivity contribution in [1.82, 2.24) is 4.98 Å². The lowest BCUT2D eigenvalue weighted by molar-refractivity contribution is -0.290. The second-order valence-corrected chi connectivity index (χ2v) is 3.08. The summed E-state index contributed by atoms with van der Waals surface area (Å²) >= 11 is 0. The van der Waals surface area contributed by atoms with Crippen LogP contribution in [0.3, 0.4) is 0 Å². The highest BCUT2D eigenvalue weighted by molar-refractivity contribution is 5.87. The van der Waals surface area contributed by atoms with Gasteiger partial charge in [0.25, 0.3) is 0 Å². The van der Waals surface area contributed by atoms with Gasteiger partial charge in [0.15, 0.2) is 0 Å². The number of carbonyl (C=O) groups excluding carboxylic acids is 1. The van der Waals surface area contributed by atoms with E-state index in [0.717, 1.165) is 6.07 Å². The Morgan fingerprint density at radius 2 is 1.88 bits per heavy atom. The van der Waals surface area contributed by atoms with Crippen LogP contribution in [0.25, 0.3) is 0 Å². The molecule has 1 aromatic heterocycles. The summed E-state index contributed by atoms with van der Waals surface area (Å²) in [5.41, 5.74) is -1.85. The zero-order chi connectivity index (χ0) is 13.3. The monoisotopic (exact) mass is 257 g/mol. The van der Waals surface area contributed by atoms with Crippen molar-refractivity contribution in [2.75, 3.05) is 6.61 Å². The highest BCUT2D eigenvalue weighted by Crippen LogP contribution is 2.43. The number of nitrogens with one attached hydrogen (secondary N) is 1. The van der Waals surface area contributed by atoms with E-state index in [1.807, 2.05) is 0 Å². The average Bonchev–Trinajstić information content (AvgIpc) is 2.65. The summed E-state index contributed by atoms with van der Waals surface area (Å²) in [7, 11) is 0. The van der Waals surface area contributed by atoms with Gasteiger partial charge in [-0.05, 0) is 19.1 Å². The second-order valence-electron chi connectivity index (χ2n) is 3.08. The summed E-state index contributed by atoms with van der Waals surface area (Å²) in [6, 6.07) is 1.31. The number of carbonyl (C=O) groups is 1. The zero-order valence-electron chi connectivity index (χ0n) is 8.57. The van der Waals surface area contributed by atoms with E-state index in [1.54, 1.807) is 4.98 Å². The standard InChI is InChI=1S/C9H8F5NO2/c1-2-17-7(16)5-3-4-6(15-5)8(10,11)9(12,13)14/h3-4,15H,2H2,1H3. The van der Waals surface area contributed by atoms with E-state index >= 15 is 0 Å². The predicted octanol–water partition coefficient (Wildman–Crippen LogP) is 2.85. The van der Waals surface area contributed by atoms with E-state index < -0.39 is 29.5 Å². The Hall–Kier alpha value is -1.60. The van der Waals surface area contributed by atoms with Crippen LogP contribution in [-0.4, -0.2) is 23.7 Å². The van der Waals surface area contributed by atoms with Crippen molar-refractivity contribution in [3.8, 4) is 0 Å². The molecule has 0 aromatic carbocycles. The Kier molecular flexibility index (Phi) is 3.44. The molecular formula is C9H8F5NO2. The maximum absolute atomic E-state index is 12.8. The first-order valence-corrected chi connectivity index (χ1v) is 4.51. The lowest BCUT2D eigenvalue weighted by Crippen LogP contribution is -2.34. The number of esters is 1. The molecule has 0 spiro atoms. The quantitative estimate of drug-likeness (QED) is 0.668. The predicted molar refractivity (Wildman–Crippen MR) is 46.7 cm³/mol. The summed E-state index contributed by atoms with van der Waals surface area (Å²) in [6.45, 7) is 1.47. The van der Waals surface area contributed by atoms with Gasteiger partial charge in [0, 0.05) is 0 Å². The molecule has 0 aliphatic rings. The van der Waals surface area contributed by atoms with E-state index in [-0.39, 0.29) is 6.61 Å². The number of hydrogen-bond donors (Lipinski definition) is 1. The van der Waals surface area contributed by atoms with Gasteiger partial charge in [-0.2, -0.15) is 22.0 Å². The lowest BCUT2D eigenvalue weighted by Gasteiger charge is -2.17. The number of halogens is 5. The molecule has 0 bridgehead atoms. The fourth-order valence-corrected chi connectivity index (χ4v) is 1.06. The van der Waals surface area contributed by atoms with E-state index in [0.29, 0.717) is 6.07 Å². The van der Waals surface area contributed by atoms with Gasteiger partial charge >= 0.3 is 18.1 Å². The Bertz CT molecular complexity index is 410. The van der Waals surface area contributed by atoms with Crippen molar-refractivity contribution in [3.63, 3.8) is 0 Å². The molecule has 0 saturated heterocycles. The minimum atomic E-state index is -5.72. The largest absolute Gasteiger partial charge is 0.461 e. The summed E-state index contributed by atoms with van der Waals surface area (Å²) < 4.78 is 66.1. The molecule has 8 heteroatoms. The van der Waals surface area contributed by atoms with E-state index in [9.17, 15) is 26.7 Å². The SMILES string of the molecule is CCOC(=O)c1ccc(C(F)(F)C(F)(F)F)[nH]1. The van der Waals surface area contributed by atoms with Crippen LogP contribution < -0.4 is 0 Å². The molecule has 1 N–H and O–H groups in total. The van der Waals surface area contributed by atoms with Gasteiger partial charge in [-0.25, -0.2) is 4.79 Å². The fraction of sp³-hybridized carbons (Fsp3) is 0.444. The maximum atomic E-state index is 12.8. The number of aromatic amines is 1. The number of hydrogen-bond acceptors (Lipinski definition) is 2. The molecule has 0 unspecified atom stereocenters. The number of H-pyrrole nitrogens is 1. The molecular weight excluding hydrogens is 249 g/mol. The third-order valence-electron chi connectivity index (χ3n) is 1.88. The number of ether oxygens (including phenoxy) is 1. The van der Waals surface area contributed by atoms with Crippen LogP contribution in [0.15, 0.2) is 12.1 Å². The molecule has 0 amide bonds. The van der Waals surface area contributed by atoms with Crippen molar-refractivity contribution >= 4 is 5.97 Å². The van der Waals surface area contributed by atoms with Crippen LogP contribution in [0, 0.1) is 0 Å². The van der Waals surface area contributed by atoms with Crippen LogP contribution in [0.1, 0.15) is 23.1 Å². The number of alkyl halides is 5. The Labute approximate surface area is 92.6 Å². The molecule has 1 aromatic rings. The molecule has 0 fully saturated rings. The molecule has 0 aliphatic heterocycles. The first-order chi connectivity index (χ1) is 7.70. The number of rotatable bonds is 3. The van der Waals surface area contributed by atoms with Crippen molar-refractivity contribution in [2.24, 2.45) is 0 Å². The third-order valence-corrected chi connectivity index (χ3v) is 1.88. The van der Waals surface area contributed by atoms with Gasteiger partial charge in [0.05, 0.1) is 12.3 Å². The average molecular weight is 257 g/mol. The van der Waals surface area contributed by atoms with Crippen molar-refractivity contribution in [2.45, 2.75) is 19.0 Å². The molecule has 3 nitrogen and oxygen atoms in total. The number of aromatic nitrogens is 1. The molecule has 0 radical (unpaired) electrons. The van der Waals surface area contributed by atoms with Crippen molar-refractivity contribution < 1.29 is 31.5 Å². The van der Waals surface area contributed by atoms with E-state index in [2.05, 4.69) is 4.74 Å². The maximum Gasteiger partial charge on any atom is 0.459 e. The molecule has 0 atom stereocenters. The highest BCUT2D eigenvalue weighted by atomic mass is 19.4. The highest BCUT2D eigenvalue weighted by Gasteiger charge is 2.59. The smallest absolute Gasteiger partial charge is 0.459 e. The van der Waals surface area contributed by atoms with Gasteiger partial charge in [-0.1, -0.05) is 0 Å². The molecule has 1 rings (SSSR count). The lowest BCUT2D eigenvalue weighted by atomic mass is 10.2. The minimum Gasteiger partial charge on any atom is -0.461 e. The Morgan fingerprint density at radius 3 is 2.35 bits per heavy atom. The normalized spacial score (nSPS) is 12.6. The van der Waals surface area contributed by atoms with Crippen LogP contribution in [0.5, 0.6) is 0 Å². The molecule has 0 aliphatic carbocycles. The summed E-state index contributed by atoms with van der Waals surface area (Å²) in [6.07, 6.45) is -5.72. The van der Waals surface area contributed by atoms with Gasteiger partial charge < -0.3 is 9.72 Å². The van der Waals surface area contributed by atoms with Gasteiger partial charge in [0.1, 0.15) is 5.69 Å². The van der Waals surface area contributed by atoms with Gasteiger partial charge in [-0.3, -0.25) is 0 Å². The first-order valence-electron chi connectivity index (χ1n) is 4.51. The topological polar surface area (TPSA) is 42.1 Å². The summed E-state index contributed by atoms with van der Waals surface area (Å²) in [5.74, 6) is -6.02. The molecule has 1 heterocycles. The van der Waals surface area contributed by atoms with Crippen molar-refractivity contribution in [1.29, 1.82) is 0 Å².